The predicted octanol–water partition coefficient (Wildman–Crippen LogP) is 8.41. The van der Waals surface area contributed by atoms with E-state index in [9.17, 15) is 22.0 Å². The van der Waals surface area contributed by atoms with Crippen molar-refractivity contribution in [3.63, 3.8) is 0 Å². The molecule has 0 aromatic heterocycles. The van der Waals surface area contributed by atoms with Crippen molar-refractivity contribution in [3.8, 4) is 22.6 Å². The molecule has 0 bridgehead atoms. The summed E-state index contributed by atoms with van der Waals surface area (Å²) < 4.78 is 82.4. The van der Waals surface area contributed by atoms with Gasteiger partial charge in [-0.1, -0.05) is 31.2 Å². The van der Waals surface area contributed by atoms with E-state index >= 15 is 0 Å². The van der Waals surface area contributed by atoms with Gasteiger partial charge in [-0.05, 0) is 79.5 Å². The highest BCUT2D eigenvalue weighted by Gasteiger charge is 2.21. The van der Waals surface area contributed by atoms with Crippen molar-refractivity contribution in [1.82, 2.24) is 0 Å². The summed E-state index contributed by atoms with van der Waals surface area (Å²) in [6.45, 7) is 3.82. The third kappa shape index (κ3) is 5.40. The van der Waals surface area contributed by atoms with Crippen LogP contribution < -0.4 is 9.47 Å². The van der Waals surface area contributed by atoms with Crippen LogP contribution in [0.5, 0.6) is 11.5 Å². The number of aryl methyl sites for hydroxylation is 1. The molecule has 0 saturated carbocycles. The average Bonchev–Trinajstić information content (AvgIpc) is 2.88. The Morgan fingerprint density at radius 1 is 0.806 bits per heavy atom. The molecule has 4 rings (SSSR count). The van der Waals surface area contributed by atoms with Gasteiger partial charge < -0.3 is 9.47 Å². The minimum Gasteiger partial charge on any atom is -0.490 e. The van der Waals surface area contributed by atoms with Gasteiger partial charge in [-0.25, -0.2) is 13.2 Å². The van der Waals surface area contributed by atoms with Gasteiger partial charge in [-0.2, -0.15) is 8.78 Å². The van der Waals surface area contributed by atoms with Crippen LogP contribution in [0.4, 0.5) is 22.0 Å². The Hall–Kier alpha value is -3.35. The van der Waals surface area contributed by atoms with Crippen LogP contribution in [0.3, 0.4) is 0 Å². The number of hydrogen-bond donors (Lipinski definition) is 0. The molecule has 7 heteroatoms. The molecule has 0 spiro atoms. The molecule has 1 aliphatic rings. The second kappa shape index (κ2) is 11.1. The molecular formula is C29H27F5O2. The fourth-order valence-electron chi connectivity index (χ4n) is 4.25. The molecule has 1 atom stereocenters. The lowest BCUT2D eigenvalue weighted by molar-refractivity contribution is 0.228. The number of rotatable bonds is 8. The molecule has 0 fully saturated rings. The van der Waals surface area contributed by atoms with E-state index in [-0.39, 0.29) is 47.3 Å². The van der Waals surface area contributed by atoms with Crippen molar-refractivity contribution in [2.45, 2.75) is 39.5 Å². The summed E-state index contributed by atoms with van der Waals surface area (Å²) in [7, 11) is 0. The van der Waals surface area contributed by atoms with Crippen LogP contribution in [-0.2, 0) is 0 Å². The highest BCUT2D eigenvalue weighted by molar-refractivity contribution is 5.72. The maximum absolute atomic E-state index is 15.0. The van der Waals surface area contributed by atoms with Gasteiger partial charge >= 0.3 is 0 Å². The van der Waals surface area contributed by atoms with E-state index < -0.39 is 29.1 Å². The van der Waals surface area contributed by atoms with Gasteiger partial charge in [-0.15, -0.1) is 0 Å². The summed E-state index contributed by atoms with van der Waals surface area (Å²) in [5.41, 5.74) is 1.59. The molecule has 36 heavy (non-hydrogen) atoms. The Bertz CT molecular complexity index is 1290. The molecule has 0 amide bonds. The molecular weight excluding hydrogens is 475 g/mol. The summed E-state index contributed by atoms with van der Waals surface area (Å²) in [6, 6.07) is 9.93. The van der Waals surface area contributed by atoms with E-state index in [1.165, 1.54) is 37.3 Å². The normalized spacial score (nSPS) is 15.5. The van der Waals surface area contributed by atoms with Crippen molar-refractivity contribution in [3.05, 3.63) is 88.8 Å². The zero-order valence-corrected chi connectivity index (χ0v) is 20.1. The Morgan fingerprint density at radius 3 is 2.19 bits per heavy atom. The maximum Gasteiger partial charge on any atom is 0.201 e. The van der Waals surface area contributed by atoms with Gasteiger partial charge in [0.15, 0.2) is 23.1 Å². The van der Waals surface area contributed by atoms with E-state index in [4.69, 9.17) is 9.47 Å². The lowest BCUT2D eigenvalue weighted by Gasteiger charge is -2.23. The first-order valence-corrected chi connectivity index (χ1v) is 12.0. The number of benzene rings is 3. The fraction of sp³-hybridized carbons (Fsp3) is 0.310. The predicted molar refractivity (Wildman–Crippen MR) is 129 cm³/mol. The molecule has 1 unspecified atom stereocenters. The standard InChI is InChI=1S/C29H27F5O2/c1-3-14-35-24-13-11-22(27(32)29(24)34)20-9-10-21(23(30)15-20)19-7-5-18(6-8-19)16-36-25-12-4-17(2)26(31)28(25)33/h4,7,9-13,15,18H,3,5-6,8,14,16H2,1-2H3. The summed E-state index contributed by atoms with van der Waals surface area (Å²) in [6.07, 6.45) is 4.40. The van der Waals surface area contributed by atoms with Crippen molar-refractivity contribution in [1.29, 1.82) is 0 Å². The molecule has 0 heterocycles. The van der Waals surface area contributed by atoms with Crippen LogP contribution >= 0.6 is 0 Å². The van der Waals surface area contributed by atoms with Crippen molar-refractivity contribution in [2.24, 2.45) is 5.92 Å². The minimum atomic E-state index is -1.10. The highest BCUT2D eigenvalue weighted by Crippen LogP contribution is 2.35. The molecule has 3 aromatic carbocycles. The first kappa shape index (κ1) is 25.7. The van der Waals surface area contributed by atoms with Gasteiger partial charge in [0.2, 0.25) is 11.6 Å². The first-order chi connectivity index (χ1) is 17.3. The quantitative estimate of drug-likeness (QED) is 0.288. The molecule has 0 saturated heterocycles. The number of ether oxygens (including phenoxy) is 2. The third-order valence-electron chi connectivity index (χ3n) is 6.37. The molecule has 0 N–H and O–H groups in total. The molecule has 0 radical (unpaired) electrons. The van der Waals surface area contributed by atoms with Gasteiger partial charge in [-0.3, -0.25) is 0 Å². The van der Waals surface area contributed by atoms with Crippen molar-refractivity contribution >= 4 is 5.57 Å². The zero-order valence-electron chi connectivity index (χ0n) is 20.1. The van der Waals surface area contributed by atoms with Crippen molar-refractivity contribution in [2.75, 3.05) is 13.2 Å². The summed E-state index contributed by atoms with van der Waals surface area (Å²) >= 11 is 0. The fourth-order valence-corrected chi connectivity index (χ4v) is 4.25. The second-order valence-corrected chi connectivity index (χ2v) is 8.97. The molecule has 3 aromatic rings. The van der Waals surface area contributed by atoms with Gasteiger partial charge in [0.25, 0.3) is 0 Å². The average molecular weight is 503 g/mol. The number of hydrogen-bond acceptors (Lipinski definition) is 2. The lowest BCUT2D eigenvalue weighted by Crippen LogP contribution is -2.15. The Kier molecular flexibility index (Phi) is 7.97. The Balaban J connectivity index is 1.44. The molecule has 0 aliphatic heterocycles. The first-order valence-electron chi connectivity index (χ1n) is 12.0. The largest absolute Gasteiger partial charge is 0.490 e. The van der Waals surface area contributed by atoms with Crippen LogP contribution in [0.1, 0.15) is 43.7 Å². The van der Waals surface area contributed by atoms with E-state index in [0.717, 1.165) is 5.57 Å². The monoisotopic (exact) mass is 502 g/mol. The van der Waals surface area contributed by atoms with E-state index in [0.29, 0.717) is 31.2 Å². The maximum atomic E-state index is 15.0. The van der Waals surface area contributed by atoms with Crippen LogP contribution in [0, 0.1) is 41.9 Å². The summed E-state index contributed by atoms with van der Waals surface area (Å²) in [5.74, 6) is -4.84. The highest BCUT2D eigenvalue weighted by atomic mass is 19.2. The van der Waals surface area contributed by atoms with E-state index in [2.05, 4.69) is 0 Å². The van der Waals surface area contributed by atoms with Crippen LogP contribution in [0.25, 0.3) is 16.7 Å². The zero-order chi connectivity index (χ0) is 25.8. The summed E-state index contributed by atoms with van der Waals surface area (Å²) in [5, 5.41) is 0. The van der Waals surface area contributed by atoms with E-state index in [1.807, 2.05) is 13.0 Å². The van der Waals surface area contributed by atoms with Gasteiger partial charge in [0, 0.05) is 11.1 Å². The van der Waals surface area contributed by atoms with E-state index in [1.54, 1.807) is 12.1 Å². The molecule has 2 nitrogen and oxygen atoms in total. The molecule has 190 valence electrons. The smallest absolute Gasteiger partial charge is 0.201 e. The SMILES string of the molecule is CCCOc1ccc(-c2ccc(C3=CCC(COc4ccc(C)c(F)c4F)CC3)c(F)c2)c(F)c1F. The molecule has 1 aliphatic carbocycles. The minimum absolute atomic E-state index is 0.0450. The summed E-state index contributed by atoms with van der Waals surface area (Å²) in [4.78, 5) is 0. The van der Waals surface area contributed by atoms with Crippen molar-refractivity contribution < 1.29 is 31.4 Å². The van der Waals surface area contributed by atoms with Crippen LogP contribution in [-0.4, -0.2) is 13.2 Å². The number of halogens is 5. The topological polar surface area (TPSA) is 18.5 Å². The third-order valence-corrected chi connectivity index (χ3v) is 6.37. The van der Waals surface area contributed by atoms with Gasteiger partial charge in [0.1, 0.15) is 5.82 Å². The Morgan fingerprint density at radius 2 is 1.50 bits per heavy atom. The van der Waals surface area contributed by atoms with Gasteiger partial charge in [0.05, 0.1) is 13.2 Å². The van der Waals surface area contributed by atoms with Crippen LogP contribution in [0.15, 0.2) is 48.5 Å². The lowest BCUT2D eigenvalue weighted by atomic mass is 9.86. The Labute approximate surface area is 207 Å². The van der Waals surface area contributed by atoms with Crippen LogP contribution in [0.2, 0.25) is 0 Å². The second-order valence-electron chi connectivity index (χ2n) is 8.97. The number of allylic oxidation sites excluding steroid dienone is 2.